The molecule has 1 amide bonds. The Balaban J connectivity index is 1.58. The lowest BCUT2D eigenvalue weighted by molar-refractivity contribution is -0.0626. The van der Waals surface area contributed by atoms with Crippen LogP contribution in [-0.4, -0.2) is 48.4 Å². The van der Waals surface area contributed by atoms with Crippen LogP contribution in [0.3, 0.4) is 0 Å². The highest BCUT2D eigenvalue weighted by Gasteiger charge is 2.51. The van der Waals surface area contributed by atoms with Gasteiger partial charge in [-0.25, -0.2) is 4.79 Å². The van der Waals surface area contributed by atoms with Crippen LogP contribution in [0.5, 0.6) is 0 Å². The molecular formula is C18H24N4O3. The Hall–Kier alpha value is -2.15. The maximum atomic E-state index is 12.6. The predicted molar refractivity (Wildman–Crippen MR) is 91.0 cm³/mol. The van der Waals surface area contributed by atoms with Crippen LogP contribution < -0.4 is 0 Å². The molecule has 2 atom stereocenters. The molecule has 2 aromatic rings. The van der Waals surface area contributed by atoms with Gasteiger partial charge in [0.2, 0.25) is 0 Å². The molecule has 0 radical (unpaired) electrons. The number of rotatable bonds is 1. The Morgan fingerprint density at radius 3 is 2.60 bits per heavy atom. The Morgan fingerprint density at radius 1 is 1.28 bits per heavy atom. The molecular weight excluding hydrogens is 320 g/mol. The van der Waals surface area contributed by atoms with E-state index in [-0.39, 0.29) is 18.2 Å². The quantitative estimate of drug-likeness (QED) is 0.860. The van der Waals surface area contributed by atoms with E-state index in [0.717, 1.165) is 24.1 Å². The Morgan fingerprint density at radius 2 is 1.96 bits per heavy atom. The van der Waals surface area contributed by atoms with Crippen molar-refractivity contribution in [3.05, 3.63) is 30.2 Å². The standard InChI is InChI=1S/C18H24N4O3/c1-17(2,3)25-16(23)22-13-5-6-14(22)9-18(24,8-13)12-4-7-15-20-19-11-21(15)10-12/h4,7,10-11,13-14,24H,5-6,8-9H2,1-3H3. The molecule has 7 heteroatoms. The number of carbonyl (C=O) groups is 1. The van der Waals surface area contributed by atoms with E-state index >= 15 is 0 Å². The third-order valence-electron chi connectivity index (χ3n) is 5.20. The van der Waals surface area contributed by atoms with Crippen LogP contribution in [0.25, 0.3) is 5.65 Å². The van der Waals surface area contributed by atoms with Crippen LogP contribution in [-0.2, 0) is 10.3 Å². The summed E-state index contributed by atoms with van der Waals surface area (Å²) in [6.07, 6.45) is 6.11. The van der Waals surface area contributed by atoms with Gasteiger partial charge in [-0.3, -0.25) is 4.40 Å². The van der Waals surface area contributed by atoms with E-state index in [2.05, 4.69) is 10.2 Å². The second-order valence-electron chi connectivity index (χ2n) is 8.23. The van der Waals surface area contributed by atoms with E-state index in [9.17, 15) is 9.90 Å². The molecule has 0 saturated carbocycles. The first-order valence-corrected chi connectivity index (χ1v) is 8.79. The molecule has 0 aromatic carbocycles. The normalized spacial score (nSPS) is 29.2. The fraction of sp³-hybridized carbons (Fsp3) is 0.611. The summed E-state index contributed by atoms with van der Waals surface area (Å²) in [6, 6.07) is 3.79. The number of pyridine rings is 1. The summed E-state index contributed by atoms with van der Waals surface area (Å²) in [5, 5.41) is 19.2. The largest absolute Gasteiger partial charge is 0.444 e. The van der Waals surface area contributed by atoms with Crippen LogP contribution in [0, 0.1) is 0 Å². The monoisotopic (exact) mass is 344 g/mol. The first-order chi connectivity index (χ1) is 11.8. The van der Waals surface area contributed by atoms with Crippen molar-refractivity contribution in [3.63, 3.8) is 0 Å². The number of aliphatic hydroxyl groups is 1. The summed E-state index contributed by atoms with van der Waals surface area (Å²) in [5.41, 5.74) is 0.147. The third kappa shape index (κ3) is 2.86. The second-order valence-corrected chi connectivity index (χ2v) is 8.23. The third-order valence-corrected chi connectivity index (χ3v) is 5.20. The predicted octanol–water partition coefficient (Wildman–Crippen LogP) is 2.48. The number of hydrogen-bond donors (Lipinski definition) is 1. The van der Waals surface area contributed by atoms with Gasteiger partial charge in [-0.2, -0.15) is 0 Å². The highest BCUT2D eigenvalue weighted by molar-refractivity contribution is 5.69. The van der Waals surface area contributed by atoms with Crippen molar-refractivity contribution < 1.29 is 14.6 Å². The number of aromatic nitrogens is 3. The van der Waals surface area contributed by atoms with E-state index in [0.29, 0.717) is 12.8 Å². The minimum absolute atomic E-state index is 0.00945. The first kappa shape index (κ1) is 16.3. The zero-order valence-electron chi connectivity index (χ0n) is 14.8. The molecule has 134 valence electrons. The molecule has 2 fully saturated rings. The fourth-order valence-corrected chi connectivity index (χ4v) is 4.18. The molecule has 2 aliphatic heterocycles. The fourth-order valence-electron chi connectivity index (χ4n) is 4.18. The highest BCUT2D eigenvalue weighted by Crippen LogP contribution is 2.46. The number of nitrogens with zero attached hydrogens (tertiary/aromatic N) is 4. The molecule has 4 rings (SSSR count). The number of amides is 1. The van der Waals surface area contributed by atoms with Gasteiger partial charge >= 0.3 is 6.09 Å². The average Bonchev–Trinajstić information content (AvgIpc) is 3.08. The summed E-state index contributed by atoms with van der Waals surface area (Å²) < 4.78 is 7.38. The zero-order chi connectivity index (χ0) is 17.8. The molecule has 4 heterocycles. The van der Waals surface area contributed by atoms with Crippen molar-refractivity contribution in [2.75, 3.05) is 0 Å². The maximum absolute atomic E-state index is 12.6. The van der Waals surface area contributed by atoms with E-state index in [1.54, 1.807) is 6.33 Å². The van der Waals surface area contributed by atoms with Gasteiger partial charge in [0.1, 0.15) is 11.9 Å². The minimum atomic E-state index is -0.942. The van der Waals surface area contributed by atoms with Gasteiger partial charge in [-0.05, 0) is 39.7 Å². The van der Waals surface area contributed by atoms with Gasteiger partial charge in [-0.15, -0.1) is 10.2 Å². The molecule has 2 aromatic heterocycles. The smallest absolute Gasteiger partial charge is 0.410 e. The topological polar surface area (TPSA) is 80.0 Å². The number of fused-ring (bicyclic) bond motifs is 3. The van der Waals surface area contributed by atoms with Gasteiger partial charge in [0.05, 0.1) is 5.60 Å². The van der Waals surface area contributed by atoms with Crippen LogP contribution in [0.2, 0.25) is 0 Å². The highest BCUT2D eigenvalue weighted by atomic mass is 16.6. The molecule has 2 saturated heterocycles. The Labute approximate surface area is 146 Å². The zero-order valence-corrected chi connectivity index (χ0v) is 14.8. The molecule has 1 N–H and O–H groups in total. The van der Waals surface area contributed by atoms with Gasteiger partial charge in [-0.1, -0.05) is 6.07 Å². The average molecular weight is 344 g/mol. The summed E-state index contributed by atoms with van der Waals surface area (Å²) in [6.45, 7) is 5.63. The lowest BCUT2D eigenvalue weighted by Crippen LogP contribution is -2.53. The van der Waals surface area contributed by atoms with Crippen LogP contribution >= 0.6 is 0 Å². The van der Waals surface area contributed by atoms with Gasteiger partial charge in [0.15, 0.2) is 5.65 Å². The molecule has 0 aliphatic carbocycles. The summed E-state index contributed by atoms with van der Waals surface area (Å²) in [7, 11) is 0. The van der Waals surface area contributed by atoms with Gasteiger partial charge in [0.25, 0.3) is 0 Å². The second kappa shape index (κ2) is 5.42. The van der Waals surface area contributed by atoms with E-state index in [1.165, 1.54) is 0 Å². The lowest BCUT2D eigenvalue weighted by atomic mass is 9.81. The maximum Gasteiger partial charge on any atom is 0.410 e. The van der Waals surface area contributed by atoms with E-state index < -0.39 is 11.2 Å². The van der Waals surface area contributed by atoms with Crippen LogP contribution in [0.1, 0.15) is 52.0 Å². The van der Waals surface area contributed by atoms with Crippen molar-refractivity contribution in [1.82, 2.24) is 19.5 Å². The molecule has 0 spiro atoms. The van der Waals surface area contributed by atoms with E-state index in [1.807, 2.05) is 48.4 Å². The number of ether oxygens (including phenoxy) is 1. The molecule has 2 bridgehead atoms. The summed E-state index contributed by atoms with van der Waals surface area (Å²) in [5.74, 6) is 0. The van der Waals surface area contributed by atoms with Gasteiger partial charge in [0, 0.05) is 36.7 Å². The summed E-state index contributed by atoms with van der Waals surface area (Å²) >= 11 is 0. The minimum Gasteiger partial charge on any atom is -0.444 e. The van der Waals surface area contributed by atoms with Crippen LogP contribution in [0.4, 0.5) is 4.79 Å². The lowest BCUT2D eigenvalue weighted by Gasteiger charge is -2.44. The number of hydrogen-bond acceptors (Lipinski definition) is 5. The van der Waals surface area contributed by atoms with Crippen molar-refractivity contribution in [2.45, 2.75) is 69.7 Å². The van der Waals surface area contributed by atoms with Crippen molar-refractivity contribution in [3.8, 4) is 0 Å². The molecule has 2 aliphatic rings. The van der Waals surface area contributed by atoms with Crippen molar-refractivity contribution >= 4 is 11.7 Å². The van der Waals surface area contributed by atoms with E-state index in [4.69, 9.17) is 4.74 Å². The molecule has 25 heavy (non-hydrogen) atoms. The SMILES string of the molecule is CC(C)(C)OC(=O)N1C2CCC1CC(O)(c1ccc3nncn3c1)C2. The van der Waals surface area contributed by atoms with Crippen LogP contribution in [0.15, 0.2) is 24.7 Å². The van der Waals surface area contributed by atoms with Gasteiger partial charge < -0.3 is 14.7 Å². The number of carbonyl (C=O) groups excluding carboxylic acids is 1. The Bertz CT molecular complexity index is 796. The molecule has 7 nitrogen and oxygen atoms in total. The summed E-state index contributed by atoms with van der Waals surface area (Å²) in [4.78, 5) is 14.4. The Kier molecular flexibility index (Phi) is 3.54. The first-order valence-electron chi connectivity index (χ1n) is 8.79. The molecule has 2 unspecified atom stereocenters. The van der Waals surface area contributed by atoms with Crippen molar-refractivity contribution in [2.24, 2.45) is 0 Å². The number of piperidine rings is 1. The van der Waals surface area contributed by atoms with Crippen molar-refractivity contribution in [1.29, 1.82) is 0 Å².